The zero-order chi connectivity index (χ0) is 16.9. The summed E-state index contributed by atoms with van der Waals surface area (Å²) in [6, 6.07) is 6.72. The predicted octanol–water partition coefficient (Wildman–Crippen LogP) is 2.31. The third-order valence-electron chi connectivity index (χ3n) is 3.10. The van der Waals surface area contributed by atoms with Gasteiger partial charge in [0.2, 0.25) is 0 Å². The number of benzene rings is 1. The van der Waals surface area contributed by atoms with Crippen molar-refractivity contribution in [2.24, 2.45) is 0 Å². The molecule has 0 fully saturated rings. The fraction of sp³-hybridized carbons (Fsp3) is 0.533. The molecule has 1 aromatic carbocycles. The first-order valence-electron chi connectivity index (χ1n) is 7.15. The third kappa shape index (κ3) is 5.22. The first-order chi connectivity index (χ1) is 10.2. The van der Waals surface area contributed by atoms with Crippen LogP contribution in [-0.2, 0) is 16.7 Å². The molecule has 1 aromatic rings. The van der Waals surface area contributed by atoms with Gasteiger partial charge in [-0.05, 0) is 38.5 Å². The second-order valence-electron chi connectivity index (χ2n) is 5.47. The van der Waals surface area contributed by atoms with E-state index in [-0.39, 0.29) is 23.6 Å². The Morgan fingerprint density at radius 1 is 1.18 bits per heavy atom. The summed E-state index contributed by atoms with van der Waals surface area (Å²) in [6.45, 7) is 5.88. The molecule has 0 radical (unpaired) electrons. The normalized spacial score (nSPS) is 11.4. The van der Waals surface area contributed by atoms with E-state index in [4.69, 9.17) is 4.18 Å². The predicted molar refractivity (Wildman–Crippen MR) is 86.3 cm³/mol. The van der Waals surface area contributed by atoms with Gasteiger partial charge in [-0.25, -0.2) is 4.79 Å². The van der Waals surface area contributed by atoms with Gasteiger partial charge >= 0.3 is 16.1 Å². The second kappa shape index (κ2) is 7.49. The molecule has 0 unspecified atom stereocenters. The maximum absolute atomic E-state index is 12.1. The van der Waals surface area contributed by atoms with Crippen LogP contribution in [0.4, 0.5) is 4.79 Å². The van der Waals surface area contributed by atoms with E-state index < -0.39 is 10.1 Å². The van der Waals surface area contributed by atoms with Crippen LogP contribution in [0, 0.1) is 0 Å². The molecule has 22 heavy (non-hydrogen) atoms. The van der Waals surface area contributed by atoms with Crippen molar-refractivity contribution in [3.8, 4) is 5.75 Å². The van der Waals surface area contributed by atoms with Crippen molar-refractivity contribution in [3.05, 3.63) is 29.8 Å². The minimum absolute atomic E-state index is 0.0614. The van der Waals surface area contributed by atoms with E-state index in [1.807, 2.05) is 13.8 Å². The van der Waals surface area contributed by atoms with Crippen LogP contribution in [0.25, 0.3) is 0 Å². The Morgan fingerprint density at radius 2 is 1.73 bits per heavy atom. The average molecular weight is 328 g/mol. The SMILES string of the molecule is CCS(=O)(=O)Oc1ccc(CN(C(=O)N(C)C)C(C)C)cc1. The van der Waals surface area contributed by atoms with Gasteiger partial charge in [-0.1, -0.05) is 12.1 Å². The molecule has 1 rings (SSSR count). The Labute approximate surface area is 132 Å². The quantitative estimate of drug-likeness (QED) is 0.752. The molecule has 0 aliphatic carbocycles. The maximum atomic E-state index is 12.1. The Bertz CT molecular complexity index is 594. The monoisotopic (exact) mass is 328 g/mol. The third-order valence-corrected chi connectivity index (χ3v) is 4.26. The van der Waals surface area contributed by atoms with Crippen molar-refractivity contribution in [1.29, 1.82) is 0 Å². The number of carbonyl (C=O) groups is 1. The summed E-state index contributed by atoms with van der Waals surface area (Å²) < 4.78 is 27.7. The van der Waals surface area contributed by atoms with Crippen LogP contribution in [0.2, 0.25) is 0 Å². The minimum atomic E-state index is -3.52. The standard InChI is InChI=1S/C15H24N2O4S/c1-6-22(19,20)21-14-9-7-13(8-10-14)11-17(12(2)3)15(18)16(4)5/h7-10,12H,6,11H2,1-5H3. The number of urea groups is 1. The average Bonchev–Trinajstić information content (AvgIpc) is 2.45. The van der Waals surface area contributed by atoms with E-state index in [0.29, 0.717) is 6.54 Å². The molecule has 7 heteroatoms. The number of hydrogen-bond acceptors (Lipinski definition) is 4. The highest BCUT2D eigenvalue weighted by atomic mass is 32.2. The van der Waals surface area contributed by atoms with Gasteiger partial charge in [0.25, 0.3) is 0 Å². The molecular weight excluding hydrogens is 304 g/mol. The molecule has 0 heterocycles. The molecule has 0 bridgehead atoms. The van der Waals surface area contributed by atoms with Crippen molar-refractivity contribution in [1.82, 2.24) is 9.80 Å². The lowest BCUT2D eigenvalue weighted by atomic mass is 10.2. The summed E-state index contributed by atoms with van der Waals surface area (Å²) in [7, 11) is -0.0926. The van der Waals surface area contributed by atoms with E-state index in [1.165, 1.54) is 11.8 Å². The molecular formula is C15H24N2O4S. The number of rotatable bonds is 6. The van der Waals surface area contributed by atoms with Crippen molar-refractivity contribution in [2.75, 3.05) is 19.8 Å². The zero-order valence-corrected chi connectivity index (χ0v) is 14.6. The van der Waals surface area contributed by atoms with Gasteiger partial charge in [0.1, 0.15) is 5.75 Å². The van der Waals surface area contributed by atoms with Crippen LogP contribution in [0.15, 0.2) is 24.3 Å². The number of amides is 2. The van der Waals surface area contributed by atoms with E-state index >= 15 is 0 Å². The molecule has 0 aliphatic heterocycles. The van der Waals surface area contributed by atoms with Crippen LogP contribution < -0.4 is 4.18 Å². The molecule has 124 valence electrons. The Morgan fingerprint density at radius 3 is 2.14 bits per heavy atom. The smallest absolute Gasteiger partial charge is 0.320 e. The Hall–Kier alpha value is -1.76. The first-order valence-corrected chi connectivity index (χ1v) is 8.73. The van der Waals surface area contributed by atoms with Crippen LogP contribution in [-0.4, -0.2) is 50.1 Å². The van der Waals surface area contributed by atoms with E-state index in [1.54, 1.807) is 43.3 Å². The highest BCUT2D eigenvalue weighted by molar-refractivity contribution is 7.87. The van der Waals surface area contributed by atoms with Gasteiger partial charge in [0.05, 0.1) is 5.75 Å². The lowest BCUT2D eigenvalue weighted by molar-refractivity contribution is 0.153. The van der Waals surface area contributed by atoms with Crippen LogP contribution >= 0.6 is 0 Å². The van der Waals surface area contributed by atoms with Crippen LogP contribution in [0.5, 0.6) is 5.75 Å². The largest absolute Gasteiger partial charge is 0.382 e. The lowest BCUT2D eigenvalue weighted by Crippen LogP contribution is -2.42. The van der Waals surface area contributed by atoms with Crippen molar-refractivity contribution < 1.29 is 17.4 Å². The second-order valence-corrected chi connectivity index (χ2v) is 7.33. The first kappa shape index (κ1) is 18.3. The molecule has 0 saturated carbocycles. The molecule has 6 nitrogen and oxygen atoms in total. The van der Waals surface area contributed by atoms with Gasteiger partial charge in [-0.3, -0.25) is 0 Å². The minimum Gasteiger partial charge on any atom is -0.382 e. The fourth-order valence-corrected chi connectivity index (χ4v) is 2.30. The highest BCUT2D eigenvalue weighted by Gasteiger charge is 2.19. The number of hydrogen-bond donors (Lipinski definition) is 0. The molecule has 0 N–H and O–H groups in total. The summed E-state index contributed by atoms with van der Waals surface area (Å²) in [6.07, 6.45) is 0. The summed E-state index contributed by atoms with van der Waals surface area (Å²) in [5.74, 6) is 0.202. The topological polar surface area (TPSA) is 66.9 Å². The van der Waals surface area contributed by atoms with Crippen molar-refractivity contribution in [3.63, 3.8) is 0 Å². The van der Waals surface area contributed by atoms with Crippen molar-refractivity contribution >= 4 is 16.1 Å². The number of carbonyl (C=O) groups excluding carboxylic acids is 1. The zero-order valence-electron chi connectivity index (χ0n) is 13.7. The highest BCUT2D eigenvalue weighted by Crippen LogP contribution is 2.17. The van der Waals surface area contributed by atoms with Gasteiger partial charge in [0, 0.05) is 26.7 Å². The van der Waals surface area contributed by atoms with Gasteiger partial charge in [0.15, 0.2) is 0 Å². The van der Waals surface area contributed by atoms with Crippen molar-refractivity contribution in [2.45, 2.75) is 33.4 Å². The Kier molecular flexibility index (Phi) is 6.22. The maximum Gasteiger partial charge on any atom is 0.320 e. The summed E-state index contributed by atoms with van der Waals surface area (Å²) in [5.41, 5.74) is 0.908. The Balaban J connectivity index is 2.84. The van der Waals surface area contributed by atoms with E-state index in [0.717, 1.165) is 5.56 Å². The van der Waals surface area contributed by atoms with Gasteiger partial charge < -0.3 is 14.0 Å². The summed E-state index contributed by atoms with van der Waals surface area (Å²) in [5, 5.41) is 0. The van der Waals surface area contributed by atoms with E-state index in [2.05, 4.69) is 0 Å². The molecule has 0 aromatic heterocycles. The van der Waals surface area contributed by atoms with Crippen LogP contribution in [0.1, 0.15) is 26.3 Å². The number of nitrogens with zero attached hydrogens (tertiary/aromatic N) is 2. The van der Waals surface area contributed by atoms with E-state index in [9.17, 15) is 13.2 Å². The van der Waals surface area contributed by atoms with Gasteiger partial charge in [-0.15, -0.1) is 0 Å². The van der Waals surface area contributed by atoms with Crippen LogP contribution in [0.3, 0.4) is 0 Å². The molecule has 0 aliphatic rings. The molecule has 0 atom stereocenters. The summed E-state index contributed by atoms with van der Waals surface area (Å²) >= 11 is 0. The molecule has 0 spiro atoms. The molecule has 2 amide bonds. The molecule has 0 saturated heterocycles. The summed E-state index contributed by atoms with van der Waals surface area (Å²) in [4.78, 5) is 15.4. The fourth-order valence-electron chi connectivity index (χ4n) is 1.78. The van der Waals surface area contributed by atoms with Gasteiger partial charge in [-0.2, -0.15) is 8.42 Å². The lowest BCUT2D eigenvalue weighted by Gasteiger charge is -2.29.